The smallest absolute Gasteiger partial charge is 0.139 e. The molecule has 3 heteroatoms. The highest BCUT2D eigenvalue weighted by atomic mass is 32.1. The van der Waals surface area contributed by atoms with E-state index in [1.165, 1.54) is 0 Å². The number of aryl methyl sites for hydroxylation is 1. The van der Waals surface area contributed by atoms with Crippen LogP contribution in [0.2, 0.25) is 0 Å². The molecule has 3 aromatic carbocycles. The summed E-state index contributed by atoms with van der Waals surface area (Å²) in [5.74, 6) is 0. The topological polar surface area (TPSA) is 0 Å². The highest BCUT2D eigenvalue weighted by Gasteiger charge is 2.41. The normalized spacial score (nSPS) is 11.9. The second-order valence-electron chi connectivity index (χ2n) is 6.91. The molecular weight excluding hydrogens is 377 g/mol. The molecule has 0 saturated carbocycles. The largest absolute Gasteiger partial charge is 0.149 e. The van der Waals surface area contributed by atoms with Crippen LogP contribution in [0.5, 0.6) is 0 Å². The monoisotopic (exact) mass is 400 g/mol. The summed E-state index contributed by atoms with van der Waals surface area (Å²) in [6.45, 7) is 2.30. The van der Waals surface area contributed by atoms with Gasteiger partial charge in [0.1, 0.15) is 7.59 Å². The zero-order valence-corrected chi connectivity index (χ0v) is 18.9. The molecule has 1 aromatic heterocycles. The number of rotatable bonds is 6. The van der Waals surface area contributed by atoms with Crippen molar-refractivity contribution in [2.45, 2.75) is 13.3 Å². The first-order valence-electron chi connectivity index (χ1n) is 9.56. The number of thiophene rings is 1. The molecule has 0 radical (unpaired) electrons. The SMILES string of the molecule is CCc1sccc1[Si]([SiH2]c1ccccc1)(c1ccccc1)c1ccccc1. The van der Waals surface area contributed by atoms with Gasteiger partial charge in [-0.1, -0.05) is 120 Å². The van der Waals surface area contributed by atoms with E-state index in [2.05, 4.69) is 109 Å². The fraction of sp³-hybridized carbons (Fsp3) is 0.0833. The first-order valence-corrected chi connectivity index (χ1v) is 15.5. The van der Waals surface area contributed by atoms with Gasteiger partial charge in [0.25, 0.3) is 0 Å². The van der Waals surface area contributed by atoms with Crippen molar-refractivity contribution in [2.75, 3.05) is 0 Å². The quantitative estimate of drug-likeness (QED) is 0.437. The lowest BCUT2D eigenvalue weighted by molar-refractivity contribution is 1.20. The minimum absolute atomic E-state index is 0.555. The molecular formula is C24H24SSi2. The maximum Gasteiger partial charge on any atom is 0.139 e. The van der Waals surface area contributed by atoms with Gasteiger partial charge >= 0.3 is 0 Å². The minimum Gasteiger partial charge on any atom is -0.149 e. The Balaban J connectivity index is 2.02. The number of hydrogen-bond acceptors (Lipinski definition) is 1. The standard InChI is InChI=1S/C24H24SSi2/c1-2-23-24(18-19-25-23)27(21-14-8-4-9-15-21,22-16-10-5-11-17-22)26-20-12-6-3-7-13-20/h3-19H,2,26H2,1H3. The van der Waals surface area contributed by atoms with E-state index >= 15 is 0 Å². The summed E-state index contributed by atoms with van der Waals surface area (Å²) in [6.07, 6.45) is 1.12. The highest BCUT2D eigenvalue weighted by Crippen LogP contribution is 2.15. The van der Waals surface area contributed by atoms with Gasteiger partial charge in [-0.3, -0.25) is 0 Å². The van der Waals surface area contributed by atoms with Crippen molar-refractivity contribution in [1.82, 2.24) is 0 Å². The highest BCUT2D eigenvalue weighted by molar-refractivity contribution is 7.47. The van der Waals surface area contributed by atoms with Crippen LogP contribution < -0.4 is 20.7 Å². The van der Waals surface area contributed by atoms with Crippen molar-refractivity contribution >= 4 is 48.7 Å². The third kappa shape index (κ3) is 3.50. The van der Waals surface area contributed by atoms with E-state index in [4.69, 9.17) is 0 Å². The van der Waals surface area contributed by atoms with Crippen molar-refractivity contribution in [2.24, 2.45) is 0 Å². The van der Waals surface area contributed by atoms with Crippen molar-refractivity contribution in [3.8, 4) is 0 Å². The van der Waals surface area contributed by atoms with Crippen molar-refractivity contribution in [3.63, 3.8) is 0 Å². The van der Waals surface area contributed by atoms with Gasteiger partial charge in [-0.05, 0) is 17.0 Å². The summed E-state index contributed by atoms with van der Waals surface area (Å²) in [6, 6.07) is 36.4. The summed E-state index contributed by atoms with van der Waals surface area (Å²) in [7, 11) is -2.58. The summed E-state index contributed by atoms with van der Waals surface area (Å²) in [5, 5.41) is 8.62. The molecule has 0 atom stereocenters. The molecule has 0 saturated heterocycles. The van der Waals surface area contributed by atoms with E-state index in [1.807, 2.05) is 11.3 Å². The lowest BCUT2D eigenvalue weighted by Gasteiger charge is -2.34. The van der Waals surface area contributed by atoms with Gasteiger partial charge in [0.2, 0.25) is 0 Å². The van der Waals surface area contributed by atoms with Gasteiger partial charge in [-0.15, -0.1) is 11.3 Å². The predicted octanol–water partition coefficient (Wildman–Crippen LogP) is 2.77. The average molecular weight is 401 g/mol. The maximum atomic E-state index is 2.44. The number of benzene rings is 3. The predicted molar refractivity (Wildman–Crippen MR) is 126 cm³/mol. The van der Waals surface area contributed by atoms with Crippen LogP contribution in [0.3, 0.4) is 0 Å². The minimum atomic E-state index is -2.03. The summed E-state index contributed by atoms with van der Waals surface area (Å²) in [5.41, 5.74) is 0. The van der Waals surface area contributed by atoms with Gasteiger partial charge in [0, 0.05) is 4.88 Å². The molecule has 0 nitrogen and oxygen atoms in total. The fourth-order valence-electron chi connectivity index (χ4n) is 4.12. The van der Waals surface area contributed by atoms with Crippen LogP contribution in [0.15, 0.2) is 102 Å². The molecule has 0 aliphatic rings. The second kappa shape index (κ2) is 8.21. The van der Waals surface area contributed by atoms with Gasteiger partial charge in [-0.2, -0.15) is 0 Å². The second-order valence-corrected chi connectivity index (χ2v) is 16.8. The molecule has 0 amide bonds. The summed E-state index contributed by atoms with van der Waals surface area (Å²) in [4.78, 5) is 1.57. The summed E-state index contributed by atoms with van der Waals surface area (Å²) < 4.78 is 0. The Morgan fingerprint density at radius 1 is 0.704 bits per heavy atom. The first-order chi connectivity index (χ1) is 13.3. The van der Waals surface area contributed by atoms with Crippen LogP contribution in [-0.4, -0.2) is 16.6 Å². The van der Waals surface area contributed by atoms with Crippen molar-refractivity contribution in [1.29, 1.82) is 0 Å². The molecule has 4 aromatic rings. The molecule has 134 valence electrons. The zero-order chi connectivity index (χ0) is 18.5. The average Bonchev–Trinajstić information content (AvgIpc) is 3.23. The van der Waals surface area contributed by atoms with Gasteiger partial charge in [0.15, 0.2) is 0 Å². The Kier molecular flexibility index (Phi) is 5.53. The Hall–Kier alpha value is -2.21. The molecule has 27 heavy (non-hydrogen) atoms. The molecule has 4 rings (SSSR count). The molecule has 0 unspecified atom stereocenters. The third-order valence-corrected chi connectivity index (χ3v) is 18.5. The molecule has 1 heterocycles. The molecule has 0 aliphatic carbocycles. The molecule has 0 fully saturated rings. The molecule has 0 bridgehead atoms. The third-order valence-electron chi connectivity index (χ3n) is 5.37. The maximum absolute atomic E-state index is 2.44. The van der Waals surface area contributed by atoms with E-state index in [-0.39, 0.29) is 0 Å². The van der Waals surface area contributed by atoms with Crippen LogP contribution in [0.4, 0.5) is 0 Å². The lowest BCUT2D eigenvalue weighted by atomic mass is 10.3. The van der Waals surface area contributed by atoms with Crippen LogP contribution in [-0.2, 0) is 6.42 Å². The van der Waals surface area contributed by atoms with Crippen LogP contribution in [0.25, 0.3) is 0 Å². The molecule has 0 N–H and O–H groups in total. The Morgan fingerprint density at radius 3 is 1.74 bits per heavy atom. The Bertz CT molecular complexity index is 939. The van der Waals surface area contributed by atoms with E-state index in [1.54, 1.807) is 25.6 Å². The van der Waals surface area contributed by atoms with Gasteiger partial charge < -0.3 is 0 Å². The number of hydrogen-bond donors (Lipinski definition) is 0. The van der Waals surface area contributed by atoms with E-state index in [0.717, 1.165) is 6.42 Å². The Morgan fingerprint density at radius 2 is 1.22 bits per heavy atom. The molecule has 0 spiro atoms. The zero-order valence-electron chi connectivity index (χ0n) is 15.6. The van der Waals surface area contributed by atoms with Gasteiger partial charge in [0.05, 0.1) is 9.04 Å². The van der Waals surface area contributed by atoms with Crippen LogP contribution in [0.1, 0.15) is 11.8 Å². The first kappa shape index (κ1) is 18.2. The van der Waals surface area contributed by atoms with E-state index in [9.17, 15) is 0 Å². The summed E-state index contributed by atoms with van der Waals surface area (Å²) >= 11 is 1.93. The van der Waals surface area contributed by atoms with E-state index < -0.39 is 16.6 Å². The van der Waals surface area contributed by atoms with Gasteiger partial charge in [-0.25, -0.2) is 0 Å². The van der Waals surface area contributed by atoms with Crippen molar-refractivity contribution < 1.29 is 0 Å². The van der Waals surface area contributed by atoms with Crippen LogP contribution >= 0.6 is 11.3 Å². The lowest BCUT2D eigenvalue weighted by Crippen LogP contribution is -2.74. The molecule has 0 aliphatic heterocycles. The fourth-order valence-corrected chi connectivity index (χ4v) is 18.0. The van der Waals surface area contributed by atoms with Crippen LogP contribution in [0, 0.1) is 0 Å². The Labute approximate surface area is 169 Å². The van der Waals surface area contributed by atoms with E-state index in [0.29, 0.717) is 0 Å². The van der Waals surface area contributed by atoms with Crippen molar-refractivity contribution in [3.05, 3.63) is 107 Å².